The van der Waals surface area contributed by atoms with Crippen molar-refractivity contribution in [3.8, 4) is 11.5 Å². The molecule has 0 unspecified atom stereocenters. The van der Waals surface area contributed by atoms with Crippen LogP contribution >= 0.6 is 0 Å². The van der Waals surface area contributed by atoms with E-state index in [1.165, 1.54) is 24.3 Å². The van der Waals surface area contributed by atoms with Gasteiger partial charge in [0.1, 0.15) is 5.41 Å². The van der Waals surface area contributed by atoms with E-state index in [4.69, 9.17) is 0 Å². The molecule has 1 aliphatic rings. The minimum absolute atomic E-state index is 0.0228. The molecule has 0 aromatic heterocycles. The summed E-state index contributed by atoms with van der Waals surface area (Å²) in [7, 11) is 0. The summed E-state index contributed by atoms with van der Waals surface area (Å²) in [5.74, 6) is -4.04. The number of aromatic hydroxyl groups is 2. The first-order chi connectivity index (χ1) is 13.7. The van der Waals surface area contributed by atoms with Crippen molar-refractivity contribution in [1.82, 2.24) is 0 Å². The van der Waals surface area contributed by atoms with Gasteiger partial charge in [-0.2, -0.15) is 0 Å². The zero-order valence-corrected chi connectivity index (χ0v) is 14.5. The van der Waals surface area contributed by atoms with Crippen molar-refractivity contribution in [3.63, 3.8) is 0 Å². The highest BCUT2D eigenvalue weighted by molar-refractivity contribution is 6.11. The number of halogens is 2. The number of hydrogen-bond donors (Lipinski definition) is 3. The van der Waals surface area contributed by atoms with Crippen molar-refractivity contribution in [2.75, 3.05) is 5.32 Å². The molecule has 1 amide bonds. The number of nitro groups is 1. The van der Waals surface area contributed by atoms with Crippen molar-refractivity contribution < 1.29 is 28.7 Å². The minimum Gasteiger partial charge on any atom is -0.505 e. The molecule has 7 nitrogen and oxygen atoms in total. The smallest absolute Gasteiger partial charge is 0.269 e. The number of nitro benzene ring substituents is 1. The predicted octanol–water partition coefficient (Wildman–Crippen LogP) is 3.57. The third-order valence-electron chi connectivity index (χ3n) is 4.97. The molecule has 0 saturated carbocycles. The SMILES string of the molecule is O=C1Nc2ccc([N+](=O)[O-])cc2C1(c1ccc(O)c(F)c1)c1ccc(O)c(F)c1. The highest BCUT2D eigenvalue weighted by atomic mass is 19.1. The van der Waals surface area contributed by atoms with Crippen LogP contribution in [0.4, 0.5) is 20.2 Å². The fourth-order valence-corrected chi connectivity index (χ4v) is 3.62. The Labute approximate surface area is 162 Å². The predicted molar refractivity (Wildman–Crippen MR) is 97.7 cm³/mol. The topological polar surface area (TPSA) is 113 Å². The van der Waals surface area contributed by atoms with Crippen LogP contribution in [0.5, 0.6) is 11.5 Å². The van der Waals surface area contributed by atoms with Gasteiger partial charge in [0.15, 0.2) is 23.1 Å². The van der Waals surface area contributed by atoms with Crippen LogP contribution in [0, 0.1) is 21.7 Å². The third-order valence-corrected chi connectivity index (χ3v) is 4.97. The lowest BCUT2D eigenvalue weighted by Crippen LogP contribution is -2.37. The Balaban J connectivity index is 2.11. The summed E-state index contributed by atoms with van der Waals surface area (Å²) in [6.07, 6.45) is 0. The highest BCUT2D eigenvalue weighted by Gasteiger charge is 2.51. The quantitative estimate of drug-likeness (QED) is 0.461. The van der Waals surface area contributed by atoms with Gasteiger partial charge in [-0.25, -0.2) is 8.78 Å². The number of anilines is 1. The molecule has 29 heavy (non-hydrogen) atoms. The molecular formula is C20H12F2N2O5. The standard InChI is InChI=1S/C20H12F2N2O5/c21-14-7-10(1-5-17(14)25)20(11-2-6-18(26)15(22)8-11)13-9-12(24(28)29)3-4-16(13)23-19(20)27/h1-9,25-26H,(H,23,27). The monoisotopic (exact) mass is 398 g/mol. The molecule has 4 rings (SSSR count). The minimum atomic E-state index is -1.84. The molecule has 9 heteroatoms. The highest BCUT2D eigenvalue weighted by Crippen LogP contribution is 2.49. The van der Waals surface area contributed by atoms with Crippen molar-refractivity contribution in [3.05, 3.63) is 93.0 Å². The number of benzene rings is 3. The number of fused-ring (bicyclic) bond motifs is 1. The van der Waals surface area contributed by atoms with Gasteiger partial charge in [0.25, 0.3) is 5.69 Å². The van der Waals surface area contributed by atoms with Crippen LogP contribution in [0.25, 0.3) is 0 Å². The molecule has 1 heterocycles. The van der Waals surface area contributed by atoms with Crippen molar-refractivity contribution in [2.45, 2.75) is 5.41 Å². The Morgan fingerprint density at radius 1 is 0.897 bits per heavy atom. The summed E-state index contributed by atoms with van der Waals surface area (Å²) in [6.45, 7) is 0. The summed E-state index contributed by atoms with van der Waals surface area (Å²) in [5.41, 5.74) is -1.76. The van der Waals surface area contributed by atoms with E-state index in [0.717, 1.165) is 30.3 Å². The number of non-ortho nitro benzene ring substituents is 1. The number of phenols is 2. The van der Waals surface area contributed by atoms with Crippen LogP contribution in [0.3, 0.4) is 0 Å². The van der Waals surface area contributed by atoms with Gasteiger partial charge in [0.2, 0.25) is 5.91 Å². The van der Waals surface area contributed by atoms with Gasteiger partial charge in [0.05, 0.1) is 4.92 Å². The van der Waals surface area contributed by atoms with Gasteiger partial charge in [0, 0.05) is 23.4 Å². The normalized spacial score (nSPS) is 14.3. The second-order valence-electron chi connectivity index (χ2n) is 6.52. The Hall–Kier alpha value is -4.01. The number of carbonyl (C=O) groups excluding carboxylic acids is 1. The molecule has 0 aliphatic carbocycles. The summed E-state index contributed by atoms with van der Waals surface area (Å²) in [4.78, 5) is 23.8. The van der Waals surface area contributed by atoms with Crippen LogP contribution in [-0.4, -0.2) is 21.0 Å². The molecule has 3 N–H and O–H groups in total. The summed E-state index contributed by atoms with van der Waals surface area (Å²) < 4.78 is 28.3. The lowest BCUT2D eigenvalue weighted by Gasteiger charge is -2.29. The van der Waals surface area contributed by atoms with Crippen molar-refractivity contribution in [2.24, 2.45) is 0 Å². The fraction of sp³-hybridized carbons (Fsp3) is 0.0500. The van der Waals surface area contributed by atoms with Crippen LogP contribution in [0.2, 0.25) is 0 Å². The van der Waals surface area contributed by atoms with E-state index >= 15 is 0 Å². The lowest BCUT2D eigenvalue weighted by molar-refractivity contribution is -0.384. The maximum absolute atomic E-state index is 14.2. The van der Waals surface area contributed by atoms with E-state index in [1.54, 1.807) is 0 Å². The Bertz CT molecular complexity index is 1140. The Kier molecular flexibility index (Phi) is 3.97. The summed E-state index contributed by atoms with van der Waals surface area (Å²) >= 11 is 0. The Morgan fingerprint density at radius 2 is 1.45 bits per heavy atom. The molecule has 0 radical (unpaired) electrons. The summed E-state index contributed by atoms with van der Waals surface area (Å²) in [5, 5.41) is 32.9. The molecule has 146 valence electrons. The van der Waals surface area contributed by atoms with E-state index in [2.05, 4.69) is 5.32 Å². The van der Waals surface area contributed by atoms with Gasteiger partial charge in [-0.3, -0.25) is 14.9 Å². The van der Waals surface area contributed by atoms with Gasteiger partial charge < -0.3 is 15.5 Å². The molecule has 3 aromatic carbocycles. The number of nitrogens with one attached hydrogen (secondary N) is 1. The first-order valence-corrected chi connectivity index (χ1v) is 8.33. The van der Waals surface area contributed by atoms with Crippen LogP contribution < -0.4 is 5.32 Å². The second kappa shape index (κ2) is 6.26. The zero-order valence-electron chi connectivity index (χ0n) is 14.5. The molecule has 0 atom stereocenters. The van der Waals surface area contributed by atoms with Gasteiger partial charge in [-0.15, -0.1) is 0 Å². The zero-order chi connectivity index (χ0) is 20.9. The molecule has 0 fully saturated rings. The maximum Gasteiger partial charge on any atom is 0.269 e. The van der Waals surface area contributed by atoms with E-state index in [0.29, 0.717) is 0 Å². The number of rotatable bonds is 3. The first-order valence-electron chi connectivity index (χ1n) is 8.33. The molecule has 0 saturated heterocycles. The molecule has 0 spiro atoms. The van der Waals surface area contributed by atoms with Crippen LogP contribution in [-0.2, 0) is 10.2 Å². The number of phenolic OH excluding ortho intramolecular Hbond substituents is 2. The average Bonchev–Trinajstić information content (AvgIpc) is 2.98. The van der Waals surface area contributed by atoms with E-state index < -0.39 is 39.4 Å². The number of carbonyl (C=O) groups is 1. The maximum atomic E-state index is 14.2. The molecule has 1 aliphatic heterocycles. The first kappa shape index (κ1) is 18.4. The third kappa shape index (κ3) is 2.59. The molecular weight excluding hydrogens is 386 g/mol. The molecule has 0 bridgehead atoms. The lowest BCUT2D eigenvalue weighted by atomic mass is 9.70. The van der Waals surface area contributed by atoms with Crippen molar-refractivity contribution in [1.29, 1.82) is 0 Å². The Morgan fingerprint density at radius 3 is 1.93 bits per heavy atom. The van der Waals surface area contributed by atoms with Gasteiger partial charge in [-0.05, 0) is 41.5 Å². The van der Waals surface area contributed by atoms with Gasteiger partial charge >= 0.3 is 0 Å². The van der Waals surface area contributed by atoms with Crippen molar-refractivity contribution >= 4 is 17.3 Å². The number of nitrogens with zero attached hydrogens (tertiary/aromatic N) is 1. The number of hydrogen-bond acceptors (Lipinski definition) is 5. The van der Waals surface area contributed by atoms with Crippen LogP contribution in [0.1, 0.15) is 16.7 Å². The molecule has 3 aromatic rings. The largest absolute Gasteiger partial charge is 0.505 e. The van der Waals surface area contributed by atoms with E-state index in [9.17, 15) is 33.9 Å². The van der Waals surface area contributed by atoms with Crippen LogP contribution in [0.15, 0.2) is 54.6 Å². The second-order valence-corrected chi connectivity index (χ2v) is 6.52. The van der Waals surface area contributed by atoms with E-state index in [1.807, 2.05) is 0 Å². The van der Waals surface area contributed by atoms with Gasteiger partial charge in [-0.1, -0.05) is 12.1 Å². The summed E-state index contributed by atoms with van der Waals surface area (Å²) in [6, 6.07) is 10.1. The average molecular weight is 398 g/mol. The van der Waals surface area contributed by atoms with E-state index in [-0.39, 0.29) is 28.1 Å². The number of amides is 1. The fourth-order valence-electron chi connectivity index (χ4n) is 3.62.